The van der Waals surface area contributed by atoms with Crippen LogP contribution >= 0.6 is 0 Å². The molecular weight excluding hydrogens is 156 g/mol. The van der Waals surface area contributed by atoms with Crippen LogP contribution in [0.1, 0.15) is 7.85 Å². The Morgan fingerprint density at radius 1 is 1.15 bits per heavy atom. The SMILES string of the molecule is C1=CCC2=c3ccccc3=CC2=C1.[H+]. The van der Waals surface area contributed by atoms with Crippen LogP contribution in [0.3, 0.4) is 0 Å². The maximum atomic E-state index is 2.27. The molecule has 0 heterocycles. The number of rotatable bonds is 0. The van der Waals surface area contributed by atoms with Crippen molar-refractivity contribution in [2.45, 2.75) is 6.42 Å². The van der Waals surface area contributed by atoms with Gasteiger partial charge in [0.2, 0.25) is 0 Å². The zero-order valence-corrected chi connectivity index (χ0v) is 7.33. The van der Waals surface area contributed by atoms with Crippen LogP contribution in [0.5, 0.6) is 0 Å². The van der Waals surface area contributed by atoms with Gasteiger partial charge < -0.3 is 0 Å². The second-order valence-corrected chi connectivity index (χ2v) is 3.46. The zero-order chi connectivity index (χ0) is 8.67. The van der Waals surface area contributed by atoms with Crippen LogP contribution in [-0.4, -0.2) is 0 Å². The van der Waals surface area contributed by atoms with Gasteiger partial charge in [0.05, 0.1) is 0 Å². The Bertz CT molecular complexity index is 533. The summed E-state index contributed by atoms with van der Waals surface area (Å²) in [5.74, 6) is 0. The summed E-state index contributed by atoms with van der Waals surface area (Å²) in [5, 5.41) is 2.78. The van der Waals surface area contributed by atoms with E-state index in [9.17, 15) is 0 Å². The lowest BCUT2D eigenvalue weighted by Crippen LogP contribution is -2.21. The number of fused-ring (bicyclic) bond motifs is 2. The van der Waals surface area contributed by atoms with Gasteiger partial charge >= 0.3 is 1.43 Å². The van der Waals surface area contributed by atoms with Gasteiger partial charge in [0.15, 0.2) is 0 Å². The average molecular weight is 167 g/mol. The summed E-state index contributed by atoms with van der Waals surface area (Å²) in [6, 6.07) is 8.60. The van der Waals surface area contributed by atoms with E-state index in [1.165, 1.54) is 21.6 Å². The fourth-order valence-electron chi connectivity index (χ4n) is 2.04. The first-order chi connectivity index (χ1) is 6.45. The second kappa shape index (κ2) is 2.46. The summed E-state index contributed by atoms with van der Waals surface area (Å²) in [4.78, 5) is 0. The number of allylic oxidation sites excluding steroid dienone is 4. The van der Waals surface area contributed by atoms with Crippen LogP contribution in [0, 0.1) is 0 Å². The lowest BCUT2D eigenvalue weighted by atomic mass is 10.0. The predicted molar refractivity (Wildman–Crippen MR) is 56.5 cm³/mol. The summed E-state index contributed by atoms with van der Waals surface area (Å²) < 4.78 is 0. The molecular formula is C13H11+. The minimum atomic E-state index is 0. The molecule has 0 atom stereocenters. The Balaban J connectivity index is 0.000000750. The van der Waals surface area contributed by atoms with Crippen LogP contribution in [0.25, 0.3) is 11.6 Å². The van der Waals surface area contributed by atoms with Crippen LogP contribution < -0.4 is 10.4 Å². The molecule has 0 N–H and O–H groups in total. The van der Waals surface area contributed by atoms with E-state index in [4.69, 9.17) is 0 Å². The van der Waals surface area contributed by atoms with Crippen molar-refractivity contribution in [3.8, 4) is 0 Å². The molecule has 1 aromatic carbocycles. The standard InChI is InChI=1S/C13H10/c1-3-7-12-10(5-1)9-11-6-2-4-8-13(11)12/h1-7,9H,8H2/p+1. The molecule has 0 bridgehead atoms. The molecule has 0 saturated carbocycles. The lowest BCUT2D eigenvalue weighted by molar-refractivity contribution is 1.35. The van der Waals surface area contributed by atoms with Crippen LogP contribution in [0.4, 0.5) is 0 Å². The zero-order valence-electron chi connectivity index (χ0n) is 8.33. The minimum Gasteiger partial charge on any atom is -0.0801 e. The first-order valence-electron chi connectivity index (χ1n) is 4.62. The highest BCUT2D eigenvalue weighted by Gasteiger charge is 2.10. The van der Waals surface area contributed by atoms with Crippen molar-refractivity contribution in [3.63, 3.8) is 0 Å². The Morgan fingerprint density at radius 3 is 3.08 bits per heavy atom. The molecule has 13 heavy (non-hydrogen) atoms. The molecule has 0 saturated heterocycles. The Kier molecular flexibility index (Phi) is 1.31. The van der Waals surface area contributed by atoms with Crippen LogP contribution in [0.15, 0.2) is 48.1 Å². The molecule has 0 spiro atoms. The van der Waals surface area contributed by atoms with Crippen LogP contribution in [-0.2, 0) is 0 Å². The van der Waals surface area contributed by atoms with Gasteiger partial charge in [-0.25, -0.2) is 0 Å². The molecule has 0 nitrogen and oxygen atoms in total. The summed E-state index contributed by atoms with van der Waals surface area (Å²) in [6.07, 6.45) is 9.91. The third-order valence-electron chi connectivity index (χ3n) is 2.68. The van der Waals surface area contributed by atoms with Crippen molar-refractivity contribution >= 4 is 11.6 Å². The van der Waals surface area contributed by atoms with Crippen molar-refractivity contribution in [2.24, 2.45) is 0 Å². The summed E-state index contributed by atoms with van der Waals surface area (Å²) in [5.41, 5.74) is 2.88. The Hall–Kier alpha value is -1.56. The van der Waals surface area contributed by atoms with Gasteiger partial charge in [-0.1, -0.05) is 42.5 Å². The monoisotopic (exact) mass is 167 g/mol. The minimum absolute atomic E-state index is 0. The highest BCUT2D eigenvalue weighted by Crippen LogP contribution is 2.22. The van der Waals surface area contributed by atoms with Crippen molar-refractivity contribution < 1.29 is 1.43 Å². The highest BCUT2D eigenvalue weighted by atomic mass is 14.1. The van der Waals surface area contributed by atoms with Gasteiger partial charge in [0.25, 0.3) is 0 Å². The molecule has 0 radical (unpaired) electrons. The smallest absolute Gasteiger partial charge is 0.0801 e. The molecule has 0 heteroatoms. The molecule has 2 aliphatic rings. The maximum Gasteiger partial charge on any atom is 1.00 e. The van der Waals surface area contributed by atoms with Crippen molar-refractivity contribution in [3.05, 3.63) is 58.5 Å². The predicted octanol–water partition coefficient (Wildman–Crippen LogP) is 1.63. The third-order valence-corrected chi connectivity index (χ3v) is 2.68. The largest absolute Gasteiger partial charge is 1.00 e. The van der Waals surface area contributed by atoms with Crippen molar-refractivity contribution in [1.82, 2.24) is 0 Å². The number of hydrogen-bond acceptors (Lipinski definition) is 0. The van der Waals surface area contributed by atoms with E-state index in [-0.39, 0.29) is 1.43 Å². The van der Waals surface area contributed by atoms with E-state index in [1.54, 1.807) is 0 Å². The van der Waals surface area contributed by atoms with Crippen molar-refractivity contribution in [1.29, 1.82) is 0 Å². The Labute approximate surface area is 78.7 Å². The average Bonchev–Trinajstić information content (AvgIpc) is 2.56. The number of hydrogen-bond donors (Lipinski definition) is 0. The maximum absolute atomic E-state index is 2.27. The van der Waals surface area contributed by atoms with Gasteiger partial charge in [0, 0.05) is 0 Å². The second-order valence-electron chi connectivity index (χ2n) is 3.46. The van der Waals surface area contributed by atoms with Crippen LogP contribution in [0.2, 0.25) is 0 Å². The highest BCUT2D eigenvalue weighted by molar-refractivity contribution is 5.83. The first kappa shape index (κ1) is 6.90. The molecule has 0 fully saturated rings. The van der Waals surface area contributed by atoms with Gasteiger partial charge in [-0.2, -0.15) is 0 Å². The Morgan fingerprint density at radius 2 is 2.08 bits per heavy atom. The van der Waals surface area contributed by atoms with E-state index in [2.05, 4.69) is 48.6 Å². The fraction of sp³-hybridized carbons (Fsp3) is 0.0769. The van der Waals surface area contributed by atoms with Gasteiger partial charge in [-0.05, 0) is 34.1 Å². The van der Waals surface area contributed by atoms with E-state index < -0.39 is 0 Å². The number of benzene rings is 1. The topological polar surface area (TPSA) is 0 Å². The van der Waals surface area contributed by atoms with Gasteiger partial charge in [-0.15, -0.1) is 0 Å². The van der Waals surface area contributed by atoms with Crippen molar-refractivity contribution in [2.75, 3.05) is 0 Å². The van der Waals surface area contributed by atoms with Gasteiger partial charge in [-0.3, -0.25) is 0 Å². The molecule has 2 aliphatic carbocycles. The summed E-state index contributed by atoms with van der Waals surface area (Å²) in [6.45, 7) is 0. The quantitative estimate of drug-likeness (QED) is 0.551. The van der Waals surface area contributed by atoms with Gasteiger partial charge in [0.1, 0.15) is 0 Å². The molecule has 0 amide bonds. The molecule has 1 aromatic rings. The van der Waals surface area contributed by atoms with E-state index >= 15 is 0 Å². The molecule has 0 aromatic heterocycles. The first-order valence-corrected chi connectivity index (χ1v) is 4.62. The molecule has 0 aliphatic heterocycles. The van der Waals surface area contributed by atoms with E-state index in [1.807, 2.05) is 0 Å². The fourth-order valence-corrected chi connectivity index (χ4v) is 2.04. The molecule has 3 rings (SSSR count). The normalized spacial score (nSPS) is 17.5. The lowest BCUT2D eigenvalue weighted by Gasteiger charge is -2.04. The summed E-state index contributed by atoms with van der Waals surface area (Å²) in [7, 11) is 0. The summed E-state index contributed by atoms with van der Waals surface area (Å²) >= 11 is 0. The molecule has 0 unspecified atom stereocenters. The van der Waals surface area contributed by atoms with E-state index in [0.717, 1.165) is 6.42 Å². The van der Waals surface area contributed by atoms with E-state index in [0.29, 0.717) is 0 Å². The third kappa shape index (κ3) is 0.919. The molecule has 62 valence electrons.